The number of hydrogen-bond donors (Lipinski definition) is 3. The molecule has 0 amide bonds. The average molecular weight is 363 g/mol. The second kappa shape index (κ2) is 11.9. The van der Waals surface area contributed by atoms with Crippen LogP contribution < -0.4 is 10.6 Å². The molecule has 3 N–H and O–H groups in total. The second-order valence-electron chi connectivity index (χ2n) is 6.73. The number of piperidine rings is 1. The number of likely N-dealkylation sites (tertiary alicyclic amines) is 1. The number of ether oxygens (including phenoxy) is 1. The van der Waals surface area contributed by atoms with E-state index in [-0.39, 0.29) is 6.61 Å². The van der Waals surface area contributed by atoms with E-state index in [4.69, 9.17) is 9.73 Å². The lowest BCUT2D eigenvalue weighted by molar-refractivity contribution is 0.155. The molecule has 1 aromatic rings. The molecule has 1 heterocycles. The summed E-state index contributed by atoms with van der Waals surface area (Å²) in [6.07, 6.45) is 3.36. The fourth-order valence-electron chi connectivity index (χ4n) is 3.28. The highest BCUT2D eigenvalue weighted by atomic mass is 16.5. The summed E-state index contributed by atoms with van der Waals surface area (Å²) in [6, 6.07) is 8.37. The number of aliphatic hydroxyl groups excluding tert-OH is 1. The van der Waals surface area contributed by atoms with Gasteiger partial charge in [-0.05, 0) is 37.3 Å². The van der Waals surface area contributed by atoms with Gasteiger partial charge in [-0.25, -0.2) is 4.99 Å². The Kier molecular flexibility index (Phi) is 9.45. The molecule has 0 atom stereocenters. The largest absolute Gasteiger partial charge is 0.392 e. The topological polar surface area (TPSA) is 69.1 Å². The molecule has 6 nitrogen and oxygen atoms in total. The molecule has 26 heavy (non-hydrogen) atoms. The first-order chi connectivity index (χ1) is 12.8. The molecule has 1 aromatic carbocycles. The van der Waals surface area contributed by atoms with Gasteiger partial charge in [-0.15, -0.1) is 0 Å². The Morgan fingerprint density at radius 2 is 2.00 bits per heavy atom. The molecule has 1 aliphatic heterocycles. The van der Waals surface area contributed by atoms with E-state index in [0.29, 0.717) is 12.6 Å². The molecule has 0 saturated carbocycles. The number of aliphatic imine (C=N–C) groups is 1. The SMILES string of the molecule is CCNC(=NCc1ccccc1CO)NC1CCN(CCCOC)CC1. The van der Waals surface area contributed by atoms with Crippen molar-refractivity contribution in [1.82, 2.24) is 15.5 Å². The van der Waals surface area contributed by atoms with E-state index in [9.17, 15) is 5.11 Å². The van der Waals surface area contributed by atoms with Crippen molar-refractivity contribution in [1.29, 1.82) is 0 Å². The summed E-state index contributed by atoms with van der Waals surface area (Å²) in [6.45, 7) is 7.74. The van der Waals surface area contributed by atoms with Crippen LogP contribution in [-0.2, 0) is 17.9 Å². The molecule has 1 saturated heterocycles. The van der Waals surface area contributed by atoms with E-state index in [1.54, 1.807) is 7.11 Å². The van der Waals surface area contributed by atoms with Gasteiger partial charge in [0.25, 0.3) is 0 Å². The van der Waals surface area contributed by atoms with Crippen molar-refractivity contribution >= 4 is 5.96 Å². The Hall–Kier alpha value is -1.63. The number of nitrogens with one attached hydrogen (secondary N) is 2. The third-order valence-corrected chi connectivity index (χ3v) is 4.79. The number of benzene rings is 1. The van der Waals surface area contributed by atoms with E-state index in [0.717, 1.165) is 69.1 Å². The normalized spacial score (nSPS) is 16.7. The number of methoxy groups -OCH3 is 1. The van der Waals surface area contributed by atoms with Crippen LogP contribution in [0, 0.1) is 0 Å². The molecule has 2 rings (SSSR count). The second-order valence-corrected chi connectivity index (χ2v) is 6.73. The van der Waals surface area contributed by atoms with Crippen LogP contribution in [0.3, 0.4) is 0 Å². The van der Waals surface area contributed by atoms with Crippen molar-refractivity contribution in [3.05, 3.63) is 35.4 Å². The summed E-state index contributed by atoms with van der Waals surface area (Å²) in [5.41, 5.74) is 2.01. The molecule has 0 spiro atoms. The van der Waals surface area contributed by atoms with Gasteiger partial charge < -0.3 is 25.4 Å². The van der Waals surface area contributed by atoms with Crippen LogP contribution in [0.4, 0.5) is 0 Å². The number of aliphatic hydroxyl groups is 1. The standard InChI is InChI=1S/C20H34N4O2/c1-3-21-20(22-15-17-7-4-5-8-18(17)16-25)23-19-9-12-24(13-10-19)11-6-14-26-2/h4-5,7-8,19,25H,3,6,9-16H2,1-2H3,(H2,21,22,23). The van der Waals surface area contributed by atoms with Crippen LogP contribution in [0.5, 0.6) is 0 Å². The summed E-state index contributed by atoms with van der Waals surface area (Å²) in [5, 5.41) is 16.4. The maximum Gasteiger partial charge on any atom is 0.191 e. The van der Waals surface area contributed by atoms with E-state index in [1.807, 2.05) is 24.3 Å². The maximum atomic E-state index is 9.46. The Balaban J connectivity index is 1.84. The quantitative estimate of drug-likeness (QED) is 0.355. The van der Waals surface area contributed by atoms with E-state index in [1.165, 1.54) is 0 Å². The van der Waals surface area contributed by atoms with E-state index >= 15 is 0 Å². The summed E-state index contributed by atoms with van der Waals surface area (Å²) >= 11 is 0. The molecule has 0 bridgehead atoms. The van der Waals surface area contributed by atoms with Crippen LogP contribution in [-0.4, -0.2) is 61.9 Å². The fourth-order valence-corrected chi connectivity index (χ4v) is 3.28. The Morgan fingerprint density at radius 1 is 1.27 bits per heavy atom. The molecule has 0 unspecified atom stereocenters. The van der Waals surface area contributed by atoms with Gasteiger partial charge in [-0.2, -0.15) is 0 Å². The van der Waals surface area contributed by atoms with Crippen molar-refractivity contribution in [2.24, 2.45) is 4.99 Å². The molecular weight excluding hydrogens is 328 g/mol. The highest BCUT2D eigenvalue weighted by Gasteiger charge is 2.19. The van der Waals surface area contributed by atoms with Gasteiger partial charge in [0.2, 0.25) is 0 Å². The van der Waals surface area contributed by atoms with Gasteiger partial charge in [0.1, 0.15) is 0 Å². The van der Waals surface area contributed by atoms with Gasteiger partial charge in [-0.3, -0.25) is 0 Å². The molecule has 0 radical (unpaired) electrons. The van der Waals surface area contributed by atoms with Gasteiger partial charge in [0.05, 0.1) is 13.2 Å². The lowest BCUT2D eigenvalue weighted by atomic mass is 10.1. The lowest BCUT2D eigenvalue weighted by Crippen LogP contribution is -2.48. The van der Waals surface area contributed by atoms with Crippen LogP contribution in [0.1, 0.15) is 37.3 Å². The smallest absolute Gasteiger partial charge is 0.191 e. The zero-order chi connectivity index (χ0) is 18.6. The third kappa shape index (κ3) is 6.94. The number of rotatable bonds is 9. The number of guanidine groups is 1. The molecule has 1 aliphatic rings. The van der Waals surface area contributed by atoms with Gasteiger partial charge in [-0.1, -0.05) is 24.3 Å². The minimum atomic E-state index is 0.0528. The molecule has 146 valence electrons. The lowest BCUT2D eigenvalue weighted by Gasteiger charge is -2.33. The molecule has 0 aromatic heterocycles. The van der Waals surface area contributed by atoms with Crippen molar-refractivity contribution in [3.63, 3.8) is 0 Å². The Bertz CT molecular complexity index is 542. The first kappa shape index (κ1) is 20.7. The third-order valence-electron chi connectivity index (χ3n) is 4.79. The van der Waals surface area contributed by atoms with Crippen molar-refractivity contribution in [2.45, 2.75) is 45.4 Å². The first-order valence-electron chi connectivity index (χ1n) is 9.70. The highest BCUT2D eigenvalue weighted by molar-refractivity contribution is 5.80. The fraction of sp³-hybridized carbons (Fsp3) is 0.650. The molecule has 0 aliphatic carbocycles. The monoisotopic (exact) mass is 362 g/mol. The molecule has 1 fully saturated rings. The summed E-state index contributed by atoms with van der Waals surface area (Å²) < 4.78 is 5.13. The van der Waals surface area contributed by atoms with Crippen molar-refractivity contribution in [3.8, 4) is 0 Å². The van der Waals surface area contributed by atoms with Crippen molar-refractivity contribution < 1.29 is 9.84 Å². The predicted molar refractivity (Wildman–Crippen MR) is 106 cm³/mol. The maximum absolute atomic E-state index is 9.46. The van der Waals surface area contributed by atoms with Crippen molar-refractivity contribution in [2.75, 3.05) is 39.9 Å². The van der Waals surface area contributed by atoms with Gasteiger partial charge in [0.15, 0.2) is 5.96 Å². The zero-order valence-electron chi connectivity index (χ0n) is 16.2. The summed E-state index contributed by atoms with van der Waals surface area (Å²) in [4.78, 5) is 7.23. The predicted octanol–water partition coefficient (Wildman–Crippen LogP) is 1.73. The molecule has 6 heteroatoms. The van der Waals surface area contributed by atoms with E-state index < -0.39 is 0 Å². The van der Waals surface area contributed by atoms with E-state index in [2.05, 4.69) is 22.5 Å². The van der Waals surface area contributed by atoms with Crippen LogP contribution in [0.2, 0.25) is 0 Å². The Morgan fingerprint density at radius 3 is 2.65 bits per heavy atom. The summed E-state index contributed by atoms with van der Waals surface area (Å²) in [7, 11) is 1.76. The van der Waals surface area contributed by atoms with Crippen LogP contribution >= 0.6 is 0 Å². The number of hydrogen-bond acceptors (Lipinski definition) is 4. The Labute approximate surface area is 157 Å². The van der Waals surface area contributed by atoms with Gasteiger partial charge in [0, 0.05) is 45.9 Å². The average Bonchev–Trinajstić information content (AvgIpc) is 2.68. The molecular formula is C20H34N4O2. The summed E-state index contributed by atoms with van der Waals surface area (Å²) in [5.74, 6) is 0.859. The highest BCUT2D eigenvalue weighted by Crippen LogP contribution is 2.12. The van der Waals surface area contributed by atoms with Gasteiger partial charge >= 0.3 is 0 Å². The minimum absolute atomic E-state index is 0.0528. The first-order valence-corrected chi connectivity index (χ1v) is 9.70. The zero-order valence-corrected chi connectivity index (χ0v) is 16.2. The van der Waals surface area contributed by atoms with Crippen LogP contribution in [0.15, 0.2) is 29.3 Å². The van der Waals surface area contributed by atoms with Crippen LogP contribution in [0.25, 0.3) is 0 Å². The number of nitrogens with zero attached hydrogens (tertiary/aromatic N) is 2. The minimum Gasteiger partial charge on any atom is -0.392 e.